The number of nitrogens with zero attached hydrogens (tertiary/aromatic N) is 2. The van der Waals surface area contributed by atoms with Gasteiger partial charge in [-0.05, 0) is 26.8 Å². The van der Waals surface area contributed by atoms with E-state index in [9.17, 15) is 14.9 Å². The lowest BCUT2D eigenvalue weighted by Crippen LogP contribution is -2.43. The summed E-state index contributed by atoms with van der Waals surface area (Å²) in [6, 6.07) is 2.25. The van der Waals surface area contributed by atoms with E-state index in [-0.39, 0.29) is 17.0 Å². The fourth-order valence-electron chi connectivity index (χ4n) is 1.06. The number of nitrogens with one attached hydrogen (secondary N) is 2. The summed E-state index contributed by atoms with van der Waals surface area (Å²) in [6.45, 7) is 5.53. The highest BCUT2D eigenvalue weighted by atomic mass is 16.6. The van der Waals surface area contributed by atoms with Crippen molar-refractivity contribution in [2.75, 3.05) is 5.32 Å². The Morgan fingerprint density at radius 2 is 2.06 bits per heavy atom. The molecule has 0 aromatic carbocycles. The van der Waals surface area contributed by atoms with Gasteiger partial charge in [0.2, 0.25) is 0 Å². The molecular weight excluding hydrogens is 224 g/mol. The Morgan fingerprint density at radius 3 is 2.47 bits per heavy atom. The van der Waals surface area contributed by atoms with Crippen LogP contribution in [0, 0.1) is 10.1 Å². The number of hydrogen-bond donors (Lipinski definition) is 2. The van der Waals surface area contributed by atoms with E-state index in [1.807, 2.05) is 20.8 Å². The maximum Gasteiger partial charge on any atom is 0.320 e. The van der Waals surface area contributed by atoms with Crippen LogP contribution in [0.2, 0.25) is 0 Å². The third-order valence-electron chi connectivity index (χ3n) is 1.69. The highest BCUT2D eigenvalue weighted by Gasteiger charge is 2.14. The van der Waals surface area contributed by atoms with Crippen LogP contribution in [-0.4, -0.2) is 21.5 Å². The molecule has 0 bridgehead atoms. The van der Waals surface area contributed by atoms with Gasteiger partial charge in [0, 0.05) is 11.6 Å². The van der Waals surface area contributed by atoms with Crippen molar-refractivity contribution in [3.8, 4) is 0 Å². The number of carbonyl (C=O) groups is 1. The Bertz CT molecular complexity index is 422. The maximum atomic E-state index is 11.5. The lowest BCUT2D eigenvalue weighted by molar-refractivity contribution is -0.385. The predicted octanol–water partition coefficient (Wildman–Crippen LogP) is 1.91. The molecule has 0 aliphatic carbocycles. The van der Waals surface area contributed by atoms with Crippen LogP contribution < -0.4 is 10.6 Å². The third kappa shape index (κ3) is 4.45. The average Bonchev–Trinajstić information content (AvgIpc) is 2.15. The van der Waals surface area contributed by atoms with E-state index in [4.69, 9.17) is 0 Å². The Balaban J connectivity index is 2.64. The number of carbonyl (C=O) groups excluding carboxylic acids is 1. The van der Waals surface area contributed by atoms with Crippen molar-refractivity contribution in [2.45, 2.75) is 26.3 Å². The summed E-state index contributed by atoms with van der Waals surface area (Å²) in [5.41, 5.74) is -0.475. The molecule has 2 amide bonds. The summed E-state index contributed by atoms with van der Waals surface area (Å²) in [6.07, 6.45) is 1.09. The first kappa shape index (κ1) is 12.9. The number of rotatable bonds is 2. The minimum absolute atomic E-state index is 0.119. The number of aromatic nitrogens is 1. The van der Waals surface area contributed by atoms with Crippen molar-refractivity contribution in [3.63, 3.8) is 0 Å². The van der Waals surface area contributed by atoms with Crippen molar-refractivity contribution in [3.05, 3.63) is 28.4 Å². The lowest BCUT2D eigenvalue weighted by Gasteiger charge is -2.20. The van der Waals surface area contributed by atoms with Gasteiger partial charge in [-0.2, -0.15) is 0 Å². The molecule has 0 aliphatic heterocycles. The van der Waals surface area contributed by atoms with Gasteiger partial charge in [0.05, 0.1) is 4.92 Å². The molecule has 7 heteroatoms. The average molecular weight is 238 g/mol. The van der Waals surface area contributed by atoms with Gasteiger partial charge < -0.3 is 5.32 Å². The minimum atomic E-state index is -0.550. The zero-order chi connectivity index (χ0) is 13.1. The molecule has 0 saturated heterocycles. The van der Waals surface area contributed by atoms with E-state index in [0.29, 0.717) is 0 Å². The van der Waals surface area contributed by atoms with Crippen LogP contribution in [0.5, 0.6) is 0 Å². The van der Waals surface area contributed by atoms with E-state index >= 15 is 0 Å². The molecule has 1 rings (SSSR count). The smallest absolute Gasteiger partial charge is 0.320 e. The molecule has 1 aromatic rings. The van der Waals surface area contributed by atoms with Crippen molar-refractivity contribution < 1.29 is 9.72 Å². The Morgan fingerprint density at radius 1 is 1.41 bits per heavy atom. The first-order chi connectivity index (χ1) is 7.78. The molecule has 0 spiro atoms. The van der Waals surface area contributed by atoms with Crippen molar-refractivity contribution >= 4 is 17.5 Å². The van der Waals surface area contributed by atoms with Gasteiger partial charge in [0.1, 0.15) is 12.0 Å². The Hall–Kier alpha value is -2.18. The molecule has 0 unspecified atom stereocenters. The molecule has 1 aromatic heterocycles. The number of amides is 2. The molecule has 0 saturated carbocycles. The molecule has 0 radical (unpaired) electrons. The van der Waals surface area contributed by atoms with E-state index in [1.54, 1.807) is 0 Å². The normalized spacial score (nSPS) is 10.8. The first-order valence-electron chi connectivity index (χ1n) is 4.97. The van der Waals surface area contributed by atoms with Crippen LogP contribution in [0.15, 0.2) is 18.3 Å². The summed E-state index contributed by atoms with van der Waals surface area (Å²) in [5, 5.41) is 15.5. The molecule has 0 aliphatic rings. The van der Waals surface area contributed by atoms with Gasteiger partial charge in [0.25, 0.3) is 5.69 Å². The number of nitro groups is 1. The van der Waals surface area contributed by atoms with Crippen molar-refractivity contribution in [1.29, 1.82) is 0 Å². The SMILES string of the molecule is CC(C)(C)NC(=O)Nc1ccc([N+](=O)[O-])cn1. The quantitative estimate of drug-likeness (QED) is 0.607. The zero-order valence-electron chi connectivity index (χ0n) is 9.85. The topological polar surface area (TPSA) is 97.2 Å². The summed E-state index contributed by atoms with van der Waals surface area (Å²) >= 11 is 0. The van der Waals surface area contributed by atoms with Gasteiger partial charge in [-0.3, -0.25) is 15.4 Å². The van der Waals surface area contributed by atoms with Crippen LogP contribution in [-0.2, 0) is 0 Å². The van der Waals surface area contributed by atoms with Gasteiger partial charge in [-0.1, -0.05) is 0 Å². The highest BCUT2D eigenvalue weighted by molar-refractivity contribution is 5.88. The number of anilines is 1. The van der Waals surface area contributed by atoms with Crippen LogP contribution in [0.4, 0.5) is 16.3 Å². The molecule has 2 N–H and O–H groups in total. The van der Waals surface area contributed by atoms with Crippen molar-refractivity contribution in [1.82, 2.24) is 10.3 Å². The second kappa shape index (κ2) is 4.77. The molecule has 17 heavy (non-hydrogen) atoms. The lowest BCUT2D eigenvalue weighted by atomic mass is 10.1. The minimum Gasteiger partial charge on any atom is -0.333 e. The van der Waals surface area contributed by atoms with E-state index < -0.39 is 11.0 Å². The zero-order valence-corrected chi connectivity index (χ0v) is 9.85. The standard InChI is InChI=1S/C10H14N4O3/c1-10(2,3)13-9(15)12-8-5-4-7(6-11-8)14(16)17/h4-6H,1-3H3,(H2,11,12,13,15). The third-order valence-corrected chi connectivity index (χ3v) is 1.69. The monoisotopic (exact) mass is 238 g/mol. The van der Waals surface area contributed by atoms with E-state index in [0.717, 1.165) is 6.20 Å². The first-order valence-corrected chi connectivity index (χ1v) is 4.97. The molecule has 92 valence electrons. The molecule has 7 nitrogen and oxygen atoms in total. The largest absolute Gasteiger partial charge is 0.333 e. The number of pyridine rings is 1. The van der Waals surface area contributed by atoms with E-state index in [2.05, 4.69) is 15.6 Å². The second-order valence-corrected chi connectivity index (χ2v) is 4.49. The van der Waals surface area contributed by atoms with Gasteiger partial charge in [-0.25, -0.2) is 9.78 Å². The van der Waals surface area contributed by atoms with Gasteiger partial charge in [-0.15, -0.1) is 0 Å². The predicted molar refractivity (Wildman–Crippen MR) is 62.8 cm³/mol. The summed E-state index contributed by atoms with van der Waals surface area (Å²) in [5.74, 6) is 0.261. The van der Waals surface area contributed by atoms with Crippen LogP contribution in [0.3, 0.4) is 0 Å². The highest BCUT2D eigenvalue weighted by Crippen LogP contribution is 2.11. The number of urea groups is 1. The fourth-order valence-corrected chi connectivity index (χ4v) is 1.06. The Labute approximate surface area is 98.4 Å². The van der Waals surface area contributed by atoms with Crippen molar-refractivity contribution in [2.24, 2.45) is 0 Å². The molecule has 0 fully saturated rings. The molecular formula is C10H14N4O3. The van der Waals surface area contributed by atoms with E-state index in [1.165, 1.54) is 12.1 Å². The second-order valence-electron chi connectivity index (χ2n) is 4.49. The number of hydrogen-bond acceptors (Lipinski definition) is 4. The van der Waals surface area contributed by atoms with Crippen LogP contribution >= 0.6 is 0 Å². The molecule has 1 heterocycles. The fraction of sp³-hybridized carbons (Fsp3) is 0.400. The summed E-state index contributed by atoms with van der Waals surface area (Å²) in [4.78, 5) is 25.0. The van der Waals surface area contributed by atoms with Crippen LogP contribution in [0.1, 0.15) is 20.8 Å². The summed E-state index contributed by atoms with van der Waals surface area (Å²) in [7, 11) is 0. The maximum absolute atomic E-state index is 11.5. The Kier molecular flexibility index (Phi) is 3.62. The summed E-state index contributed by atoms with van der Waals surface area (Å²) < 4.78 is 0. The van der Waals surface area contributed by atoms with Gasteiger partial charge in [0.15, 0.2) is 0 Å². The van der Waals surface area contributed by atoms with Crippen LogP contribution in [0.25, 0.3) is 0 Å². The van der Waals surface area contributed by atoms with Gasteiger partial charge >= 0.3 is 6.03 Å². The molecule has 0 atom stereocenters.